The van der Waals surface area contributed by atoms with Crippen molar-refractivity contribution in [2.45, 2.75) is 52.6 Å². The molecule has 0 bridgehead atoms. The Labute approximate surface area is 210 Å². The number of alkyl halides is 3. The number of nitrogens with one attached hydrogen (secondary N) is 1. The van der Waals surface area contributed by atoms with Crippen LogP contribution in [0.3, 0.4) is 0 Å². The van der Waals surface area contributed by atoms with Crippen LogP contribution < -0.4 is 15.1 Å². The third-order valence-corrected chi connectivity index (χ3v) is 7.34. The van der Waals surface area contributed by atoms with Crippen LogP contribution >= 0.6 is 0 Å². The largest absolute Gasteiger partial charge is 0.419 e. The molecule has 9 heteroatoms. The quantitative estimate of drug-likeness (QED) is 0.590. The lowest BCUT2D eigenvalue weighted by molar-refractivity contribution is -0.137. The summed E-state index contributed by atoms with van der Waals surface area (Å²) in [6, 6.07) is 2.43. The molecular formula is C27H33F3N6. The molecule has 1 N–H and O–H groups in total. The van der Waals surface area contributed by atoms with E-state index >= 15 is 0 Å². The van der Waals surface area contributed by atoms with Gasteiger partial charge in [-0.2, -0.15) is 18.2 Å². The zero-order chi connectivity index (χ0) is 25.5. The van der Waals surface area contributed by atoms with Gasteiger partial charge in [0.05, 0.1) is 11.3 Å². The fourth-order valence-electron chi connectivity index (χ4n) is 4.92. The van der Waals surface area contributed by atoms with Gasteiger partial charge in [0.2, 0.25) is 5.95 Å². The smallest absolute Gasteiger partial charge is 0.355 e. The molecular weight excluding hydrogens is 465 g/mol. The number of hydrogen-bond acceptors (Lipinski definition) is 6. The first-order valence-corrected chi connectivity index (χ1v) is 12.7. The van der Waals surface area contributed by atoms with Crippen molar-refractivity contribution in [2.75, 3.05) is 41.3 Å². The first-order chi connectivity index (χ1) is 17.1. The molecule has 6 nitrogen and oxygen atoms in total. The van der Waals surface area contributed by atoms with E-state index in [0.29, 0.717) is 37.8 Å². The van der Waals surface area contributed by atoms with Crippen molar-refractivity contribution in [1.82, 2.24) is 15.0 Å². The van der Waals surface area contributed by atoms with Crippen LogP contribution in [0.2, 0.25) is 0 Å². The van der Waals surface area contributed by atoms with Gasteiger partial charge < -0.3 is 15.1 Å². The molecule has 2 aromatic heterocycles. The molecule has 1 fully saturated rings. The van der Waals surface area contributed by atoms with Crippen LogP contribution in [0.15, 0.2) is 42.3 Å². The monoisotopic (exact) mass is 498 g/mol. The van der Waals surface area contributed by atoms with Gasteiger partial charge in [0, 0.05) is 50.1 Å². The maximum absolute atomic E-state index is 13.7. The highest BCUT2D eigenvalue weighted by molar-refractivity contribution is 5.58. The SMILES string of the molecule is CC(C)(C)C1C=CC(Nc2nc(N3CCC3)nc3c2CCN(c2ncccc2C(F)(F)F)CC3)=CC1. The Bertz CT molecular complexity index is 1180. The fraction of sp³-hybridized carbons (Fsp3) is 0.519. The normalized spacial score (nSPS) is 20.4. The summed E-state index contributed by atoms with van der Waals surface area (Å²) in [7, 11) is 0. The predicted molar refractivity (Wildman–Crippen MR) is 136 cm³/mol. The van der Waals surface area contributed by atoms with E-state index in [0.717, 1.165) is 54.8 Å². The van der Waals surface area contributed by atoms with Crippen molar-refractivity contribution in [3.05, 3.63) is 59.1 Å². The van der Waals surface area contributed by atoms with Gasteiger partial charge in [-0.05, 0) is 48.8 Å². The van der Waals surface area contributed by atoms with E-state index in [9.17, 15) is 13.2 Å². The lowest BCUT2D eigenvalue weighted by Gasteiger charge is -2.32. The molecule has 0 spiro atoms. The first-order valence-electron chi connectivity index (χ1n) is 12.7. The van der Waals surface area contributed by atoms with Crippen molar-refractivity contribution in [2.24, 2.45) is 11.3 Å². The summed E-state index contributed by atoms with van der Waals surface area (Å²) < 4.78 is 41.0. The van der Waals surface area contributed by atoms with Gasteiger partial charge in [0.25, 0.3) is 0 Å². The van der Waals surface area contributed by atoms with Crippen LogP contribution in [0.5, 0.6) is 0 Å². The number of aromatic nitrogens is 3. The van der Waals surface area contributed by atoms with E-state index in [1.807, 2.05) is 0 Å². The second-order valence-electron chi connectivity index (χ2n) is 10.8. The summed E-state index contributed by atoms with van der Waals surface area (Å²) in [6.07, 6.45) is 6.66. The summed E-state index contributed by atoms with van der Waals surface area (Å²) in [5, 5.41) is 3.52. The van der Waals surface area contributed by atoms with Crippen molar-refractivity contribution < 1.29 is 13.2 Å². The van der Waals surface area contributed by atoms with Crippen LogP contribution in [-0.2, 0) is 19.0 Å². The van der Waals surface area contributed by atoms with Crippen LogP contribution in [0.25, 0.3) is 0 Å². The summed E-state index contributed by atoms with van der Waals surface area (Å²) >= 11 is 0. The van der Waals surface area contributed by atoms with E-state index in [-0.39, 0.29) is 11.2 Å². The molecule has 1 aliphatic carbocycles. The van der Waals surface area contributed by atoms with Crippen LogP contribution in [-0.4, -0.2) is 41.1 Å². The Morgan fingerprint density at radius 2 is 1.78 bits per heavy atom. The first kappa shape index (κ1) is 24.6. The highest BCUT2D eigenvalue weighted by Crippen LogP contribution is 2.37. The molecule has 0 saturated carbocycles. The second-order valence-corrected chi connectivity index (χ2v) is 10.8. The van der Waals surface area contributed by atoms with Gasteiger partial charge >= 0.3 is 6.18 Å². The number of halogens is 3. The zero-order valence-electron chi connectivity index (χ0n) is 21.1. The molecule has 3 aliphatic rings. The minimum Gasteiger partial charge on any atom is -0.355 e. The number of rotatable bonds is 4. The molecule has 0 radical (unpaired) electrons. The number of allylic oxidation sites excluding steroid dienone is 3. The Hall–Kier alpha value is -3.10. The third kappa shape index (κ3) is 5.06. The van der Waals surface area contributed by atoms with Crippen molar-refractivity contribution >= 4 is 17.6 Å². The highest BCUT2D eigenvalue weighted by Gasteiger charge is 2.36. The molecule has 1 atom stereocenters. The Morgan fingerprint density at radius 1 is 1.00 bits per heavy atom. The molecule has 5 rings (SSSR count). The number of nitrogens with zero attached hydrogens (tertiary/aromatic N) is 5. The van der Waals surface area contributed by atoms with Crippen LogP contribution in [0.4, 0.5) is 30.8 Å². The molecule has 4 heterocycles. The molecule has 1 unspecified atom stereocenters. The molecule has 2 aromatic rings. The Balaban J connectivity index is 1.43. The second kappa shape index (κ2) is 9.41. The maximum atomic E-state index is 13.7. The molecule has 192 valence electrons. The average Bonchev–Trinajstić information content (AvgIpc) is 3.00. The van der Waals surface area contributed by atoms with Gasteiger partial charge in [-0.15, -0.1) is 0 Å². The van der Waals surface area contributed by atoms with Crippen LogP contribution in [0.1, 0.15) is 50.4 Å². The van der Waals surface area contributed by atoms with E-state index in [2.05, 4.69) is 54.2 Å². The summed E-state index contributed by atoms with van der Waals surface area (Å²) in [5.74, 6) is 1.90. The lowest BCUT2D eigenvalue weighted by Crippen LogP contribution is -2.38. The molecule has 0 aromatic carbocycles. The summed E-state index contributed by atoms with van der Waals surface area (Å²) in [5.41, 5.74) is 2.36. The maximum Gasteiger partial charge on any atom is 0.419 e. The lowest BCUT2D eigenvalue weighted by atomic mass is 9.77. The molecule has 1 saturated heterocycles. The number of anilines is 3. The van der Waals surface area contributed by atoms with Gasteiger partial charge in [0.15, 0.2) is 0 Å². The summed E-state index contributed by atoms with van der Waals surface area (Å²) in [6.45, 7) is 9.40. The third-order valence-electron chi connectivity index (χ3n) is 7.34. The van der Waals surface area contributed by atoms with Gasteiger partial charge in [-0.3, -0.25) is 0 Å². The van der Waals surface area contributed by atoms with Crippen LogP contribution in [0, 0.1) is 11.3 Å². The van der Waals surface area contributed by atoms with Gasteiger partial charge in [0.1, 0.15) is 11.6 Å². The predicted octanol–water partition coefficient (Wildman–Crippen LogP) is 5.62. The van der Waals surface area contributed by atoms with Gasteiger partial charge in [-0.1, -0.05) is 32.9 Å². The number of pyridine rings is 1. The molecule has 2 aliphatic heterocycles. The number of hydrogen-bond donors (Lipinski definition) is 1. The number of fused-ring (bicyclic) bond motifs is 1. The van der Waals surface area contributed by atoms with Gasteiger partial charge in [-0.25, -0.2) is 9.97 Å². The topological polar surface area (TPSA) is 57.2 Å². The molecule has 0 amide bonds. The Morgan fingerprint density at radius 3 is 2.42 bits per heavy atom. The highest BCUT2D eigenvalue weighted by atomic mass is 19.4. The Kier molecular flexibility index (Phi) is 6.43. The van der Waals surface area contributed by atoms with Crippen molar-refractivity contribution in [3.8, 4) is 0 Å². The fourth-order valence-corrected chi connectivity index (χ4v) is 4.92. The minimum atomic E-state index is -4.45. The van der Waals surface area contributed by atoms with Crippen molar-refractivity contribution in [3.63, 3.8) is 0 Å². The molecule has 36 heavy (non-hydrogen) atoms. The van der Waals surface area contributed by atoms with E-state index in [1.54, 1.807) is 4.90 Å². The average molecular weight is 499 g/mol. The van der Waals surface area contributed by atoms with E-state index < -0.39 is 11.7 Å². The van der Waals surface area contributed by atoms with E-state index in [4.69, 9.17) is 9.97 Å². The summed E-state index contributed by atoms with van der Waals surface area (Å²) in [4.78, 5) is 17.7. The zero-order valence-corrected chi connectivity index (χ0v) is 21.1. The standard InChI is InChI=1S/C27H33F3N6/c1-26(2,3)18-7-9-19(10-8-18)32-23-20-11-16-35(24-21(27(28,29)30)6-4-13-31-24)17-12-22(20)33-25(34-23)36-14-5-15-36/h4,6-7,9-10,13,18H,5,8,11-12,14-17H2,1-3H3,(H,32,33,34). The van der Waals surface area contributed by atoms with E-state index in [1.165, 1.54) is 12.3 Å². The van der Waals surface area contributed by atoms with Crippen molar-refractivity contribution in [1.29, 1.82) is 0 Å². The minimum absolute atomic E-state index is 0.0191.